The highest BCUT2D eigenvalue weighted by Crippen LogP contribution is 2.19. The Morgan fingerprint density at radius 3 is 1.69 bits per heavy atom. The standard InChI is InChI=1S/C14H14.C11H9O3P/c1-3-7-13(8-4-1)11-12-14-9-5-2-6-10-14;12-15(13)14-8-9-5-6-10-3-1-2-4-11(10)7-9/h1-10H,11-12H2;1-7H,8H2. The molecular weight excluding hydrogens is 379 g/mol. The Labute approximate surface area is 172 Å². The van der Waals surface area contributed by atoms with Crippen molar-refractivity contribution in [1.82, 2.24) is 0 Å². The molecule has 0 spiro atoms. The molecule has 29 heavy (non-hydrogen) atoms. The van der Waals surface area contributed by atoms with Crippen molar-refractivity contribution in [2.45, 2.75) is 19.4 Å². The summed E-state index contributed by atoms with van der Waals surface area (Å²) in [6.45, 7) is 0.101. The third kappa shape index (κ3) is 7.24. The molecule has 0 aliphatic rings. The fourth-order valence-electron chi connectivity index (χ4n) is 3.03. The van der Waals surface area contributed by atoms with E-state index in [9.17, 15) is 9.46 Å². The molecule has 1 unspecified atom stereocenters. The quantitative estimate of drug-likeness (QED) is 0.380. The predicted octanol–water partition coefficient (Wildman–Crippen LogP) is 5.85. The number of rotatable bonds is 6. The first kappa shape index (κ1) is 20.9. The van der Waals surface area contributed by atoms with Gasteiger partial charge in [-0.2, -0.15) is 0 Å². The van der Waals surface area contributed by atoms with E-state index in [1.165, 1.54) is 11.1 Å². The van der Waals surface area contributed by atoms with Crippen LogP contribution in [-0.4, -0.2) is 0 Å². The summed E-state index contributed by atoms with van der Waals surface area (Å²) in [6.07, 6.45) is 2.26. The minimum Gasteiger partial charge on any atom is -0.566 e. The van der Waals surface area contributed by atoms with Crippen molar-refractivity contribution in [3.8, 4) is 0 Å². The largest absolute Gasteiger partial charge is 0.566 e. The van der Waals surface area contributed by atoms with E-state index in [1.54, 1.807) is 0 Å². The summed E-state index contributed by atoms with van der Waals surface area (Å²) in [5.74, 6) is 0. The van der Waals surface area contributed by atoms with Crippen LogP contribution >= 0.6 is 8.25 Å². The van der Waals surface area contributed by atoms with Gasteiger partial charge in [0.1, 0.15) is 6.61 Å². The molecule has 4 rings (SSSR count). The van der Waals surface area contributed by atoms with Crippen LogP contribution in [0.3, 0.4) is 0 Å². The first-order valence-corrected chi connectivity index (χ1v) is 10.6. The van der Waals surface area contributed by atoms with E-state index in [-0.39, 0.29) is 6.61 Å². The zero-order valence-corrected chi connectivity index (χ0v) is 17.0. The van der Waals surface area contributed by atoms with Crippen molar-refractivity contribution in [3.63, 3.8) is 0 Å². The van der Waals surface area contributed by atoms with Crippen LogP contribution in [0.4, 0.5) is 0 Å². The molecule has 4 aromatic rings. The lowest BCUT2D eigenvalue weighted by molar-refractivity contribution is -0.186. The van der Waals surface area contributed by atoms with Gasteiger partial charge in [0.2, 0.25) is 0 Å². The first-order chi connectivity index (χ1) is 14.2. The minimum atomic E-state index is -2.77. The molecule has 146 valence electrons. The summed E-state index contributed by atoms with van der Waals surface area (Å²) in [5, 5.41) is 2.22. The normalized spacial score (nSPS) is 10.9. The Hall–Kier alpha value is -2.84. The highest BCUT2D eigenvalue weighted by atomic mass is 31.1. The van der Waals surface area contributed by atoms with Crippen molar-refractivity contribution in [3.05, 3.63) is 120 Å². The van der Waals surface area contributed by atoms with E-state index in [1.807, 2.05) is 42.5 Å². The topological polar surface area (TPSA) is 49.4 Å². The van der Waals surface area contributed by atoms with Gasteiger partial charge in [-0.3, -0.25) is 0 Å². The van der Waals surface area contributed by atoms with Gasteiger partial charge in [0.25, 0.3) is 0 Å². The van der Waals surface area contributed by atoms with E-state index >= 15 is 0 Å². The van der Waals surface area contributed by atoms with Gasteiger partial charge in [-0.15, -0.1) is 4.52 Å². The average molecular weight is 402 g/mol. The summed E-state index contributed by atoms with van der Waals surface area (Å²) in [6, 6.07) is 34.9. The maximum atomic E-state index is 10.3. The molecule has 0 bridgehead atoms. The van der Waals surface area contributed by atoms with Gasteiger partial charge in [0.05, 0.1) is 0 Å². The molecule has 0 aromatic heterocycles. The van der Waals surface area contributed by atoms with Crippen LogP contribution in [0.1, 0.15) is 16.7 Å². The second kappa shape index (κ2) is 11.2. The summed E-state index contributed by atoms with van der Waals surface area (Å²) in [5.41, 5.74) is 3.68. The van der Waals surface area contributed by atoms with Gasteiger partial charge < -0.3 is 4.89 Å². The highest BCUT2D eigenvalue weighted by Gasteiger charge is 2.03. The molecule has 0 amide bonds. The van der Waals surface area contributed by atoms with Crippen LogP contribution in [0.2, 0.25) is 0 Å². The summed E-state index contributed by atoms with van der Waals surface area (Å²) < 4.78 is 14.8. The predicted molar refractivity (Wildman–Crippen MR) is 117 cm³/mol. The van der Waals surface area contributed by atoms with Gasteiger partial charge in [-0.25, -0.2) is 0 Å². The number of hydrogen-bond acceptors (Lipinski definition) is 3. The van der Waals surface area contributed by atoms with Gasteiger partial charge in [0, 0.05) is 0 Å². The molecule has 4 heteroatoms. The number of benzene rings is 4. The summed E-state index contributed by atoms with van der Waals surface area (Å²) in [7, 11) is -2.77. The van der Waals surface area contributed by atoms with Crippen LogP contribution in [0.25, 0.3) is 10.8 Å². The molecule has 0 N–H and O–H groups in total. The maximum absolute atomic E-state index is 10.3. The molecule has 0 fully saturated rings. The van der Waals surface area contributed by atoms with E-state index in [2.05, 4.69) is 65.2 Å². The molecule has 0 saturated heterocycles. The van der Waals surface area contributed by atoms with E-state index in [0.29, 0.717) is 0 Å². The van der Waals surface area contributed by atoms with Crippen molar-refractivity contribution in [2.24, 2.45) is 0 Å². The van der Waals surface area contributed by atoms with Crippen molar-refractivity contribution < 1.29 is 14.0 Å². The lowest BCUT2D eigenvalue weighted by Gasteiger charge is -2.01. The van der Waals surface area contributed by atoms with Gasteiger partial charge >= 0.3 is 8.25 Å². The molecule has 0 saturated carbocycles. The summed E-state index contributed by atoms with van der Waals surface area (Å²) in [4.78, 5) is 10.3. The molecular formula is C25H23O3P. The summed E-state index contributed by atoms with van der Waals surface area (Å²) >= 11 is 0. The molecule has 0 aliphatic heterocycles. The molecule has 0 radical (unpaired) electrons. The van der Waals surface area contributed by atoms with Crippen LogP contribution in [0, 0.1) is 0 Å². The Kier molecular flexibility index (Phi) is 8.09. The number of fused-ring (bicyclic) bond motifs is 1. The monoisotopic (exact) mass is 402 g/mol. The third-order valence-electron chi connectivity index (χ3n) is 4.54. The molecule has 0 heterocycles. The SMILES string of the molecule is O=[P+]([O-])OCc1ccc2ccccc2c1.c1ccc(CCc2ccccc2)cc1. The zero-order valence-electron chi connectivity index (χ0n) is 16.1. The molecule has 0 aliphatic carbocycles. The second-order valence-corrected chi connectivity index (χ2v) is 7.36. The third-order valence-corrected chi connectivity index (χ3v) is 4.88. The maximum Gasteiger partial charge on any atom is 0.488 e. The van der Waals surface area contributed by atoms with Crippen molar-refractivity contribution in [2.75, 3.05) is 0 Å². The first-order valence-electron chi connectivity index (χ1n) is 9.53. The van der Waals surface area contributed by atoms with Gasteiger partial charge in [0.15, 0.2) is 0 Å². The lowest BCUT2D eigenvalue weighted by atomic mass is 10.0. The van der Waals surface area contributed by atoms with E-state index in [0.717, 1.165) is 29.2 Å². The van der Waals surface area contributed by atoms with Crippen molar-refractivity contribution >= 4 is 19.0 Å². The molecule has 3 nitrogen and oxygen atoms in total. The zero-order chi connectivity index (χ0) is 20.3. The Morgan fingerprint density at radius 1 is 0.621 bits per heavy atom. The fraction of sp³-hybridized carbons (Fsp3) is 0.120. The highest BCUT2D eigenvalue weighted by molar-refractivity contribution is 7.30. The van der Waals surface area contributed by atoms with Gasteiger partial charge in [-0.05, 0) is 50.9 Å². The Bertz CT molecular complexity index is 994. The van der Waals surface area contributed by atoms with Crippen LogP contribution in [-0.2, 0) is 28.5 Å². The molecule has 1 atom stereocenters. The number of hydrogen-bond donors (Lipinski definition) is 0. The van der Waals surface area contributed by atoms with Crippen molar-refractivity contribution in [1.29, 1.82) is 0 Å². The smallest absolute Gasteiger partial charge is 0.488 e. The molecule has 4 aromatic carbocycles. The number of aryl methyl sites for hydroxylation is 2. The average Bonchev–Trinajstić information content (AvgIpc) is 2.78. The van der Waals surface area contributed by atoms with E-state index in [4.69, 9.17) is 0 Å². The van der Waals surface area contributed by atoms with Crippen LogP contribution < -0.4 is 4.89 Å². The van der Waals surface area contributed by atoms with E-state index < -0.39 is 8.25 Å². The lowest BCUT2D eigenvalue weighted by Crippen LogP contribution is -1.92. The Morgan fingerprint density at radius 2 is 1.14 bits per heavy atom. The second-order valence-electron chi connectivity index (χ2n) is 6.65. The van der Waals surface area contributed by atoms with Crippen LogP contribution in [0.5, 0.6) is 0 Å². The fourth-order valence-corrected chi connectivity index (χ4v) is 3.29. The minimum absolute atomic E-state index is 0.101. The van der Waals surface area contributed by atoms with Crippen LogP contribution in [0.15, 0.2) is 103 Å². The van der Waals surface area contributed by atoms with Gasteiger partial charge in [-0.1, -0.05) is 97.1 Å². The Balaban J connectivity index is 0.000000166.